The van der Waals surface area contributed by atoms with Gasteiger partial charge >= 0.3 is 0 Å². The molecule has 0 aliphatic carbocycles. The van der Waals surface area contributed by atoms with Gasteiger partial charge in [0, 0.05) is 31.4 Å². The molecule has 21 heavy (non-hydrogen) atoms. The van der Waals surface area contributed by atoms with E-state index in [0.29, 0.717) is 29.5 Å². The van der Waals surface area contributed by atoms with Gasteiger partial charge in [0.05, 0.1) is 5.56 Å². The van der Waals surface area contributed by atoms with Crippen molar-refractivity contribution >= 4 is 23.3 Å². The van der Waals surface area contributed by atoms with Gasteiger partial charge in [0.2, 0.25) is 0 Å². The minimum Gasteiger partial charge on any atom is -0.370 e. The number of halogens is 1. The highest BCUT2D eigenvalue weighted by Gasteiger charge is 2.17. The largest absolute Gasteiger partial charge is 0.370 e. The van der Waals surface area contributed by atoms with Crippen molar-refractivity contribution in [3.8, 4) is 0 Å². The zero-order valence-corrected chi connectivity index (χ0v) is 12.9. The van der Waals surface area contributed by atoms with Crippen LogP contribution in [0.5, 0.6) is 0 Å². The number of pyridine rings is 1. The molecule has 2 aromatic rings. The van der Waals surface area contributed by atoms with E-state index in [-0.39, 0.29) is 5.91 Å². The van der Waals surface area contributed by atoms with E-state index in [1.165, 1.54) is 0 Å². The first-order valence-electron chi connectivity index (χ1n) is 6.81. The monoisotopic (exact) mass is 303 g/mol. The number of benzene rings is 1. The Labute approximate surface area is 129 Å². The minimum atomic E-state index is -0.0843. The van der Waals surface area contributed by atoms with Crippen molar-refractivity contribution in [1.29, 1.82) is 0 Å². The molecule has 0 unspecified atom stereocenters. The number of carbonyl (C=O) groups excluding carboxylic acids is 1. The van der Waals surface area contributed by atoms with Crippen molar-refractivity contribution in [2.45, 2.75) is 13.5 Å². The minimum absolute atomic E-state index is 0.0843. The van der Waals surface area contributed by atoms with Crippen LogP contribution in [0.25, 0.3) is 0 Å². The first kappa shape index (κ1) is 15.3. The molecule has 5 heteroatoms. The third-order valence-electron chi connectivity index (χ3n) is 3.09. The van der Waals surface area contributed by atoms with E-state index in [1.807, 2.05) is 31.2 Å². The summed E-state index contributed by atoms with van der Waals surface area (Å²) in [5, 5.41) is 3.76. The molecule has 0 saturated heterocycles. The molecule has 0 atom stereocenters. The summed E-state index contributed by atoms with van der Waals surface area (Å²) in [7, 11) is 1.76. The third kappa shape index (κ3) is 3.73. The average molecular weight is 304 g/mol. The maximum Gasteiger partial charge on any atom is 0.257 e. The highest BCUT2D eigenvalue weighted by atomic mass is 35.5. The van der Waals surface area contributed by atoms with Crippen LogP contribution in [0, 0.1) is 0 Å². The van der Waals surface area contributed by atoms with Crippen LogP contribution >= 0.6 is 11.6 Å². The quantitative estimate of drug-likeness (QED) is 0.920. The first-order chi connectivity index (χ1) is 10.1. The van der Waals surface area contributed by atoms with Gasteiger partial charge in [-0.25, -0.2) is 4.98 Å². The summed E-state index contributed by atoms with van der Waals surface area (Å²) in [6, 6.07) is 11.1. The molecule has 1 aromatic heterocycles. The Morgan fingerprint density at radius 3 is 2.76 bits per heavy atom. The number of carbonyl (C=O) groups is 1. The SMILES string of the molecule is CCNc1ncccc1C(=O)N(C)Cc1ccccc1Cl. The lowest BCUT2D eigenvalue weighted by Gasteiger charge is -2.19. The number of nitrogens with zero attached hydrogens (tertiary/aromatic N) is 2. The van der Waals surface area contributed by atoms with E-state index >= 15 is 0 Å². The van der Waals surface area contributed by atoms with Gasteiger partial charge in [0.1, 0.15) is 5.82 Å². The molecule has 1 heterocycles. The Bertz CT molecular complexity index is 630. The molecule has 0 saturated carbocycles. The molecule has 0 bridgehead atoms. The Kier molecular flexibility index (Phi) is 5.17. The van der Waals surface area contributed by atoms with Crippen LogP contribution in [-0.4, -0.2) is 29.4 Å². The standard InChI is InChI=1S/C16H18ClN3O/c1-3-18-15-13(8-6-10-19-15)16(21)20(2)11-12-7-4-5-9-14(12)17/h4-10H,3,11H2,1-2H3,(H,18,19). The van der Waals surface area contributed by atoms with Crippen LogP contribution in [0.2, 0.25) is 5.02 Å². The predicted octanol–water partition coefficient (Wildman–Crippen LogP) is 3.44. The summed E-state index contributed by atoms with van der Waals surface area (Å²) >= 11 is 6.14. The van der Waals surface area contributed by atoms with Crippen molar-refractivity contribution in [2.24, 2.45) is 0 Å². The predicted molar refractivity (Wildman–Crippen MR) is 85.7 cm³/mol. The van der Waals surface area contributed by atoms with Crippen molar-refractivity contribution in [1.82, 2.24) is 9.88 Å². The van der Waals surface area contributed by atoms with E-state index in [4.69, 9.17) is 11.6 Å². The van der Waals surface area contributed by atoms with Gasteiger partial charge in [-0.3, -0.25) is 4.79 Å². The van der Waals surface area contributed by atoms with Crippen LogP contribution in [0.15, 0.2) is 42.6 Å². The van der Waals surface area contributed by atoms with Gasteiger partial charge in [0.15, 0.2) is 0 Å². The lowest BCUT2D eigenvalue weighted by molar-refractivity contribution is 0.0786. The number of amides is 1. The second-order valence-electron chi connectivity index (χ2n) is 4.68. The van der Waals surface area contributed by atoms with Crippen LogP contribution < -0.4 is 5.32 Å². The molecule has 0 fully saturated rings. The molecule has 0 aliphatic rings. The van der Waals surface area contributed by atoms with E-state index < -0.39 is 0 Å². The summed E-state index contributed by atoms with van der Waals surface area (Å²) in [5.41, 5.74) is 1.48. The Morgan fingerprint density at radius 1 is 1.29 bits per heavy atom. The van der Waals surface area contributed by atoms with Gasteiger partial charge in [-0.15, -0.1) is 0 Å². The van der Waals surface area contributed by atoms with E-state index in [0.717, 1.165) is 5.56 Å². The highest BCUT2D eigenvalue weighted by Crippen LogP contribution is 2.19. The second kappa shape index (κ2) is 7.09. The van der Waals surface area contributed by atoms with Crippen molar-refractivity contribution in [3.63, 3.8) is 0 Å². The van der Waals surface area contributed by atoms with Crippen molar-refractivity contribution in [2.75, 3.05) is 18.9 Å². The topological polar surface area (TPSA) is 45.2 Å². The summed E-state index contributed by atoms with van der Waals surface area (Å²) in [6.07, 6.45) is 1.67. The van der Waals surface area contributed by atoms with Crippen molar-refractivity contribution in [3.05, 3.63) is 58.7 Å². The molecule has 4 nitrogen and oxygen atoms in total. The summed E-state index contributed by atoms with van der Waals surface area (Å²) < 4.78 is 0. The maximum atomic E-state index is 12.6. The molecule has 1 aromatic carbocycles. The van der Waals surface area contributed by atoms with Crippen LogP contribution in [0.4, 0.5) is 5.82 Å². The second-order valence-corrected chi connectivity index (χ2v) is 5.09. The smallest absolute Gasteiger partial charge is 0.257 e. The van der Waals surface area contributed by atoms with E-state index in [1.54, 1.807) is 30.3 Å². The summed E-state index contributed by atoms with van der Waals surface area (Å²) in [4.78, 5) is 18.4. The summed E-state index contributed by atoms with van der Waals surface area (Å²) in [6.45, 7) is 3.14. The normalized spacial score (nSPS) is 10.2. The van der Waals surface area contributed by atoms with Crippen LogP contribution in [0.3, 0.4) is 0 Å². The molecular weight excluding hydrogens is 286 g/mol. The molecule has 0 spiro atoms. The van der Waals surface area contributed by atoms with Gasteiger partial charge in [-0.2, -0.15) is 0 Å². The highest BCUT2D eigenvalue weighted by molar-refractivity contribution is 6.31. The van der Waals surface area contributed by atoms with E-state index in [9.17, 15) is 4.79 Å². The first-order valence-corrected chi connectivity index (χ1v) is 7.19. The molecule has 2 rings (SSSR count). The average Bonchev–Trinajstić information content (AvgIpc) is 2.50. The number of nitrogens with one attached hydrogen (secondary N) is 1. The van der Waals surface area contributed by atoms with E-state index in [2.05, 4.69) is 10.3 Å². The maximum absolute atomic E-state index is 12.6. The van der Waals surface area contributed by atoms with Crippen LogP contribution in [-0.2, 0) is 6.54 Å². The molecule has 0 aliphatic heterocycles. The number of aromatic nitrogens is 1. The molecule has 110 valence electrons. The zero-order chi connectivity index (χ0) is 15.2. The van der Waals surface area contributed by atoms with Gasteiger partial charge in [-0.1, -0.05) is 29.8 Å². The van der Waals surface area contributed by atoms with Gasteiger partial charge in [-0.05, 0) is 30.7 Å². The lowest BCUT2D eigenvalue weighted by atomic mass is 10.2. The van der Waals surface area contributed by atoms with Gasteiger partial charge in [0.25, 0.3) is 5.91 Å². The Morgan fingerprint density at radius 2 is 2.05 bits per heavy atom. The molecular formula is C16H18ClN3O. The number of hydrogen-bond donors (Lipinski definition) is 1. The Hall–Kier alpha value is -2.07. The number of anilines is 1. The fourth-order valence-electron chi connectivity index (χ4n) is 2.05. The van der Waals surface area contributed by atoms with Crippen LogP contribution in [0.1, 0.15) is 22.8 Å². The molecule has 1 N–H and O–H groups in total. The lowest BCUT2D eigenvalue weighted by Crippen LogP contribution is -2.27. The fourth-order valence-corrected chi connectivity index (χ4v) is 2.24. The summed E-state index contributed by atoms with van der Waals surface area (Å²) in [5.74, 6) is 0.523. The van der Waals surface area contributed by atoms with Gasteiger partial charge < -0.3 is 10.2 Å². The Balaban J connectivity index is 2.18. The van der Waals surface area contributed by atoms with Crippen molar-refractivity contribution < 1.29 is 4.79 Å². The molecule has 0 radical (unpaired) electrons. The number of hydrogen-bond acceptors (Lipinski definition) is 3. The fraction of sp³-hybridized carbons (Fsp3) is 0.250. The third-order valence-corrected chi connectivity index (χ3v) is 3.46. The number of rotatable bonds is 5. The zero-order valence-electron chi connectivity index (χ0n) is 12.1. The molecule has 1 amide bonds.